The summed E-state index contributed by atoms with van der Waals surface area (Å²) in [6, 6.07) is 8.11. The van der Waals surface area contributed by atoms with Crippen LogP contribution in [0.15, 0.2) is 30.3 Å². The number of ether oxygens (including phenoxy) is 1. The van der Waals surface area contributed by atoms with Crippen molar-refractivity contribution < 1.29 is 19.4 Å². The van der Waals surface area contributed by atoms with Crippen LogP contribution in [0.5, 0.6) is 5.75 Å². The van der Waals surface area contributed by atoms with E-state index in [1.807, 2.05) is 15.9 Å². The molecule has 3 amide bonds. The molecule has 198 valence electrons. The summed E-state index contributed by atoms with van der Waals surface area (Å²) in [4.78, 5) is 34.3. The van der Waals surface area contributed by atoms with Gasteiger partial charge in [0.25, 0.3) is 5.91 Å². The Morgan fingerprint density at radius 2 is 1.97 bits per heavy atom. The maximum absolute atomic E-state index is 13.3. The van der Waals surface area contributed by atoms with Gasteiger partial charge in [-0.05, 0) is 61.6 Å². The average molecular weight is 511 g/mol. The molecule has 3 heterocycles. The molecule has 1 unspecified atom stereocenters. The lowest BCUT2D eigenvalue weighted by Gasteiger charge is -2.32. The number of benzene rings is 1. The predicted octanol–water partition coefficient (Wildman–Crippen LogP) is 1.30. The Morgan fingerprint density at radius 1 is 1.22 bits per heavy atom. The number of aromatic nitrogens is 1. The molecule has 1 atom stereocenters. The molecule has 1 fully saturated rings. The number of urea groups is 1. The van der Waals surface area contributed by atoms with E-state index in [0.29, 0.717) is 30.8 Å². The number of amidine groups is 1. The number of hydrazine groups is 2. The Hall–Kier alpha value is -3.74. The minimum atomic E-state index is -0.464. The van der Waals surface area contributed by atoms with Gasteiger partial charge in [-0.3, -0.25) is 21.1 Å². The van der Waals surface area contributed by atoms with E-state index in [9.17, 15) is 14.7 Å². The summed E-state index contributed by atoms with van der Waals surface area (Å²) in [6.45, 7) is 4.12. The quantitative estimate of drug-likeness (QED) is 0.161. The van der Waals surface area contributed by atoms with Crippen LogP contribution in [0.2, 0.25) is 0 Å². The Bertz CT molecular complexity index is 1170. The van der Waals surface area contributed by atoms with Gasteiger partial charge in [-0.2, -0.15) is 5.53 Å². The van der Waals surface area contributed by atoms with Crippen molar-refractivity contribution in [1.82, 2.24) is 25.3 Å². The fourth-order valence-corrected chi connectivity index (χ4v) is 4.64. The molecule has 0 saturated carbocycles. The summed E-state index contributed by atoms with van der Waals surface area (Å²) in [6.07, 6.45) is 2.76. The molecule has 4 rings (SSSR count). The molecule has 12 nitrogen and oxygen atoms in total. The number of amides is 3. The number of nitrogens with zero attached hydrogens (tertiary/aromatic N) is 4. The largest absolute Gasteiger partial charge is 0.496 e. The number of likely N-dealkylation sites (tertiary alicyclic amines) is 1. The smallest absolute Gasteiger partial charge is 0.320 e. The molecule has 6 N–H and O–H groups in total. The fourth-order valence-electron chi connectivity index (χ4n) is 4.64. The van der Waals surface area contributed by atoms with Crippen LogP contribution in [0.3, 0.4) is 0 Å². The van der Waals surface area contributed by atoms with E-state index >= 15 is 0 Å². The number of nitrogens with one attached hydrogen (secondary N) is 3. The SMILES string of the molecule is COc1cc2c(cc1C(=O)Nc1cccc(C(=N)N(NN)C(C)CO)n1)CN(C(=O)N1CCCC1)CC2. The molecule has 0 bridgehead atoms. The van der Waals surface area contributed by atoms with Gasteiger partial charge in [0, 0.05) is 26.2 Å². The first-order valence-corrected chi connectivity index (χ1v) is 12.3. The Labute approximate surface area is 215 Å². The minimum Gasteiger partial charge on any atom is -0.496 e. The van der Waals surface area contributed by atoms with E-state index in [-0.39, 0.29) is 30.0 Å². The molecular weight excluding hydrogens is 476 g/mol. The van der Waals surface area contributed by atoms with Gasteiger partial charge in [-0.25, -0.2) is 9.78 Å². The second-order valence-corrected chi connectivity index (χ2v) is 9.21. The second kappa shape index (κ2) is 11.5. The van der Waals surface area contributed by atoms with Gasteiger partial charge < -0.3 is 25.0 Å². The summed E-state index contributed by atoms with van der Waals surface area (Å²) in [5, 5.41) is 21.9. The lowest BCUT2D eigenvalue weighted by molar-refractivity contribution is 0.102. The third-order valence-electron chi connectivity index (χ3n) is 6.74. The summed E-state index contributed by atoms with van der Waals surface area (Å²) in [7, 11) is 1.52. The first-order chi connectivity index (χ1) is 17.9. The molecule has 2 aliphatic rings. The highest BCUT2D eigenvalue weighted by molar-refractivity contribution is 6.06. The summed E-state index contributed by atoms with van der Waals surface area (Å²) in [5.74, 6) is 5.72. The molecule has 12 heteroatoms. The van der Waals surface area contributed by atoms with E-state index in [2.05, 4.69) is 15.8 Å². The van der Waals surface area contributed by atoms with Crippen LogP contribution in [0.4, 0.5) is 10.6 Å². The van der Waals surface area contributed by atoms with Crippen LogP contribution in [0.25, 0.3) is 0 Å². The minimum absolute atomic E-state index is 0.0463. The monoisotopic (exact) mass is 510 g/mol. The van der Waals surface area contributed by atoms with Crippen molar-refractivity contribution >= 4 is 23.6 Å². The number of carbonyl (C=O) groups is 2. The predicted molar refractivity (Wildman–Crippen MR) is 138 cm³/mol. The molecule has 0 aliphatic carbocycles. The number of carbonyl (C=O) groups excluding carboxylic acids is 2. The number of anilines is 1. The molecule has 0 spiro atoms. The number of hydrogen-bond donors (Lipinski definition) is 5. The van der Waals surface area contributed by atoms with Gasteiger partial charge in [0.05, 0.1) is 25.3 Å². The Morgan fingerprint density at radius 3 is 2.65 bits per heavy atom. The van der Waals surface area contributed by atoms with Gasteiger partial charge in [0.2, 0.25) is 0 Å². The molecule has 1 aromatic heterocycles. The van der Waals surface area contributed by atoms with Crippen molar-refractivity contribution in [1.29, 1.82) is 5.41 Å². The molecule has 0 radical (unpaired) electrons. The molecule has 2 aromatic rings. The van der Waals surface area contributed by atoms with Crippen LogP contribution < -0.4 is 21.4 Å². The lowest BCUT2D eigenvalue weighted by Crippen LogP contribution is -2.53. The van der Waals surface area contributed by atoms with Gasteiger partial charge >= 0.3 is 6.03 Å². The van der Waals surface area contributed by atoms with Crippen molar-refractivity contribution in [2.75, 3.05) is 38.7 Å². The molecule has 1 aromatic carbocycles. The van der Waals surface area contributed by atoms with Crippen molar-refractivity contribution in [3.63, 3.8) is 0 Å². The van der Waals surface area contributed by atoms with Gasteiger partial charge in [-0.1, -0.05) is 6.07 Å². The highest BCUT2D eigenvalue weighted by atomic mass is 16.5. The number of aliphatic hydroxyl groups excluding tert-OH is 1. The average Bonchev–Trinajstić information content (AvgIpc) is 3.47. The van der Waals surface area contributed by atoms with Crippen molar-refractivity contribution in [2.24, 2.45) is 5.84 Å². The van der Waals surface area contributed by atoms with Crippen LogP contribution in [0.1, 0.15) is 46.9 Å². The van der Waals surface area contributed by atoms with E-state index in [1.54, 1.807) is 31.2 Å². The maximum atomic E-state index is 13.3. The Kier molecular flexibility index (Phi) is 8.21. The summed E-state index contributed by atoms with van der Waals surface area (Å²) >= 11 is 0. The number of aliphatic hydroxyl groups is 1. The van der Waals surface area contributed by atoms with Crippen LogP contribution in [0, 0.1) is 5.41 Å². The molecular formula is C25H34N8O4. The maximum Gasteiger partial charge on any atom is 0.320 e. The zero-order chi connectivity index (χ0) is 26.5. The van der Waals surface area contributed by atoms with Crippen molar-refractivity contribution in [3.05, 3.63) is 52.7 Å². The van der Waals surface area contributed by atoms with E-state index in [4.69, 9.17) is 16.0 Å². The van der Waals surface area contributed by atoms with Crippen molar-refractivity contribution in [3.8, 4) is 5.75 Å². The van der Waals surface area contributed by atoms with Gasteiger partial charge in [0.15, 0.2) is 5.84 Å². The fraction of sp³-hybridized carbons (Fsp3) is 0.440. The molecule has 1 saturated heterocycles. The standard InChI is InChI=1S/C25H34N8O4/c1-16(15-34)33(30-27)23(26)20-6-5-7-22(28-20)29-24(35)19-12-18-14-32(25(36)31-9-3-4-10-31)11-8-17(18)13-21(19)37-2/h5-7,12-13,16,26,30,34H,3-4,8-11,14-15,27H2,1-2H3,(H,28,29,35). The second-order valence-electron chi connectivity index (χ2n) is 9.21. The van der Waals surface area contributed by atoms with E-state index in [1.165, 1.54) is 12.1 Å². The third kappa shape index (κ3) is 5.66. The highest BCUT2D eigenvalue weighted by Crippen LogP contribution is 2.29. The number of rotatable bonds is 7. The summed E-state index contributed by atoms with van der Waals surface area (Å²) < 4.78 is 5.52. The third-order valence-corrected chi connectivity index (χ3v) is 6.74. The Balaban J connectivity index is 1.53. The van der Waals surface area contributed by atoms with Gasteiger partial charge in [-0.15, -0.1) is 0 Å². The normalized spacial score (nSPS) is 15.7. The number of nitrogens with two attached hydrogens (primary N) is 1. The van der Waals surface area contributed by atoms with Crippen LogP contribution in [-0.4, -0.2) is 82.1 Å². The zero-order valence-electron chi connectivity index (χ0n) is 21.2. The number of methoxy groups -OCH3 is 1. The number of hydrogen-bond acceptors (Lipinski definition) is 8. The topological polar surface area (TPSA) is 160 Å². The van der Waals surface area contributed by atoms with E-state index in [0.717, 1.165) is 37.1 Å². The van der Waals surface area contributed by atoms with E-state index < -0.39 is 11.9 Å². The molecule has 2 aliphatic heterocycles. The first-order valence-electron chi connectivity index (χ1n) is 12.3. The molecule has 37 heavy (non-hydrogen) atoms. The van der Waals surface area contributed by atoms with Crippen LogP contribution >= 0.6 is 0 Å². The lowest BCUT2D eigenvalue weighted by atomic mass is 9.96. The van der Waals surface area contributed by atoms with Crippen LogP contribution in [-0.2, 0) is 13.0 Å². The first kappa shape index (κ1) is 26.3. The number of pyridine rings is 1. The highest BCUT2D eigenvalue weighted by Gasteiger charge is 2.28. The number of fused-ring (bicyclic) bond motifs is 1. The van der Waals surface area contributed by atoms with Gasteiger partial charge in [0.1, 0.15) is 17.3 Å². The zero-order valence-corrected chi connectivity index (χ0v) is 21.2. The van der Waals surface area contributed by atoms with Crippen molar-refractivity contribution in [2.45, 2.75) is 38.8 Å². The summed E-state index contributed by atoms with van der Waals surface area (Å²) in [5.41, 5.74) is 4.94.